The van der Waals surface area contributed by atoms with Gasteiger partial charge in [-0.15, -0.1) is 0 Å². The zero-order valence-corrected chi connectivity index (χ0v) is 12.2. The zero-order chi connectivity index (χ0) is 14.1. The standard InChI is InChI=1S/C16H22N2O2/c1-12(13-6-4-3-5-7-13)18-9-8-14-10-17(11-15(14)18)16(19)20-2/h3-7,12,14-15H,8-11H2,1-2H3. The lowest BCUT2D eigenvalue weighted by Gasteiger charge is -2.30. The first-order valence-electron chi connectivity index (χ1n) is 7.34. The van der Waals surface area contributed by atoms with E-state index in [4.69, 9.17) is 4.74 Å². The second-order valence-electron chi connectivity index (χ2n) is 5.82. The van der Waals surface area contributed by atoms with Gasteiger partial charge in [0.2, 0.25) is 0 Å². The Kier molecular flexibility index (Phi) is 3.66. The molecule has 0 bridgehead atoms. The van der Waals surface area contributed by atoms with Crippen LogP contribution in [0.25, 0.3) is 0 Å². The van der Waals surface area contributed by atoms with Crippen molar-refractivity contribution in [2.75, 3.05) is 26.7 Å². The number of likely N-dealkylation sites (tertiary alicyclic amines) is 2. The maximum absolute atomic E-state index is 11.7. The smallest absolute Gasteiger partial charge is 0.409 e. The van der Waals surface area contributed by atoms with E-state index in [1.165, 1.54) is 19.1 Å². The molecule has 108 valence electrons. The van der Waals surface area contributed by atoms with Crippen molar-refractivity contribution in [1.29, 1.82) is 0 Å². The SMILES string of the molecule is COC(=O)N1CC2CCN(C(C)c3ccccc3)C2C1. The normalized spacial score (nSPS) is 27.4. The van der Waals surface area contributed by atoms with Crippen LogP contribution in [-0.4, -0.2) is 48.7 Å². The van der Waals surface area contributed by atoms with Gasteiger partial charge < -0.3 is 9.64 Å². The van der Waals surface area contributed by atoms with Crippen molar-refractivity contribution in [1.82, 2.24) is 9.80 Å². The third-order valence-electron chi connectivity index (χ3n) is 4.80. The number of amides is 1. The molecule has 1 aromatic carbocycles. The molecule has 20 heavy (non-hydrogen) atoms. The van der Waals surface area contributed by atoms with Crippen LogP contribution in [0.3, 0.4) is 0 Å². The summed E-state index contributed by atoms with van der Waals surface area (Å²) in [6.07, 6.45) is 0.988. The van der Waals surface area contributed by atoms with Crippen molar-refractivity contribution < 1.29 is 9.53 Å². The number of hydrogen-bond acceptors (Lipinski definition) is 3. The van der Waals surface area contributed by atoms with Crippen LogP contribution < -0.4 is 0 Å². The molecule has 3 rings (SSSR count). The van der Waals surface area contributed by atoms with Crippen molar-refractivity contribution in [2.45, 2.75) is 25.4 Å². The lowest BCUT2D eigenvalue weighted by molar-refractivity contribution is 0.122. The van der Waals surface area contributed by atoms with Crippen LogP contribution in [0.15, 0.2) is 30.3 Å². The van der Waals surface area contributed by atoms with Crippen LogP contribution in [0, 0.1) is 5.92 Å². The van der Waals surface area contributed by atoms with Crippen LogP contribution in [0.5, 0.6) is 0 Å². The van der Waals surface area contributed by atoms with Gasteiger partial charge in [-0.1, -0.05) is 30.3 Å². The molecule has 0 aromatic heterocycles. The number of hydrogen-bond donors (Lipinski definition) is 0. The quantitative estimate of drug-likeness (QED) is 0.831. The number of ether oxygens (including phenoxy) is 1. The van der Waals surface area contributed by atoms with Crippen LogP contribution in [-0.2, 0) is 4.74 Å². The molecule has 2 heterocycles. The predicted molar refractivity (Wildman–Crippen MR) is 77.4 cm³/mol. The van der Waals surface area contributed by atoms with Crippen molar-refractivity contribution >= 4 is 6.09 Å². The van der Waals surface area contributed by atoms with E-state index in [-0.39, 0.29) is 6.09 Å². The van der Waals surface area contributed by atoms with Gasteiger partial charge >= 0.3 is 6.09 Å². The van der Waals surface area contributed by atoms with Gasteiger partial charge in [-0.2, -0.15) is 0 Å². The number of fused-ring (bicyclic) bond motifs is 1. The number of benzene rings is 1. The Balaban J connectivity index is 1.72. The highest BCUT2D eigenvalue weighted by molar-refractivity contribution is 5.68. The summed E-state index contributed by atoms with van der Waals surface area (Å²) in [7, 11) is 1.46. The molecular weight excluding hydrogens is 252 g/mol. The van der Waals surface area contributed by atoms with E-state index in [0.29, 0.717) is 18.0 Å². The zero-order valence-electron chi connectivity index (χ0n) is 12.2. The highest BCUT2D eigenvalue weighted by Crippen LogP contribution is 2.37. The van der Waals surface area contributed by atoms with Crippen LogP contribution in [0.1, 0.15) is 24.9 Å². The molecule has 3 unspecified atom stereocenters. The van der Waals surface area contributed by atoms with Gasteiger partial charge in [0.05, 0.1) is 7.11 Å². The predicted octanol–water partition coefficient (Wildman–Crippen LogP) is 2.52. The molecule has 1 aromatic rings. The molecule has 2 aliphatic heterocycles. The molecular formula is C16H22N2O2. The molecule has 0 N–H and O–H groups in total. The van der Waals surface area contributed by atoms with Gasteiger partial charge in [-0.05, 0) is 31.4 Å². The second kappa shape index (κ2) is 5.44. The minimum Gasteiger partial charge on any atom is -0.453 e. The van der Waals surface area contributed by atoms with Crippen LogP contribution >= 0.6 is 0 Å². The van der Waals surface area contributed by atoms with Gasteiger partial charge in [-0.25, -0.2) is 4.79 Å². The lowest BCUT2D eigenvalue weighted by Crippen LogP contribution is -2.38. The molecule has 2 aliphatic rings. The van der Waals surface area contributed by atoms with E-state index in [1.54, 1.807) is 0 Å². The molecule has 0 saturated carbocycles. The van der Waals surface area contributed by atoms with Gasteiger partial charge in [-0.3, -0.25) is 4.90 Å². The first kappa shape index (κ1) is 13.4. The van der Waals surface area contributed by atoms with E-state index < -0.39 is 0 Å². The molecule has 4 heteroatoms. The molecule has 3 atom stereocenters. The summed E-state index contributed by atoms with van der Waals surface area (Å²) in [5.41, 5.74) is 1.35. The first-order chi connectivity index (χ1) is 9.70. The fourth-order valence-electron chi connectivity index (χ4n) is 3.68. The summed E-state index contributed by atoms with van der Waals surface area (Å²) in [5.74, 6) is 0.597. The number of carbonyl (C=O) groups excluding carboxylic acids is 1. The summed E-state index contributed by atoms with van der Waals surface area (Å²) in [4.78, 5) is 16.1. The van der Waals surface area contributed by atoms with Gasteiger partial charge in [0, 0.05) is 25.2 Å². The van der Waals surface area contributed by atoms with Crippen molar-refractivity contribution in [3.63, 3.8) is 0 Å². The van der Waals surface area contributed by atoms with E-state index in [9.17, 15) is 4.79 Å². The van der Waals surface area contributed by atoms with E-state index in [1.807, 2.05) is 4.90 Å². The van der Waals surface area contributed by atoms with Crippen LogP contribution in [0.4, 0.5) is 4.79 Å². The maximum Gasteiger partial charge on any atom is 0.409 e. The molecule has 2 fully saturated rings. The van der Waals surface area contributed by atoms with Gasteiger partial charge in [0.1, 0.15) is 0 Å². The second-order valence-corrected chi connectivity index (χ2v) is 5.82. The highest BCUT2D eigenvalue weighted by Gasteiger charge is 2.44. The van der Waals surface area contributed by atoms with E-state index in [2.05, 4.69) is 42.2 Å². The average molecular weight is 274 g/mol. The van der Waals surface area contributed by atoms with Crippen molar-refractivity contribution in [3.05, 3.63) is 35.9 Å². The van der Waals surface area contributed by atoms with Crippen molar-refractivity contribution in [2.24, 2.45) is 5.92 Å². The summed E-state index contributed by atoms with van der Waals surface area (Å²) in [6, 6.07) is 11.5. The molecule has 0 radical (unpaired) electrons. The third kappa shape index (κ3) is 2.29. The number of methoxy groups -OCH3 is 1. The topological polar surface area (TPSA) is 32.8 Å². The Morgan fingerprint density at radius 1 is 1.30 bits per heavy atom. The van der Waals surface area contributed by atoms with E-state index >= 15 is 0 Å². The highest BCUT2D eigenvalue weighted by atomic mass is 16.5. The Labute approximate surface area is 120 Å². The van der Waals surface area contributed by atoms with Crippen LogP contribution in [0.2, 0.25) is 0 Å². The number of rotatable bonds is 2. The van der Waals surface area contributed by atoms with Gasteiger partial charge in [0.15, 0.2) is 0 Å². The fourth-order valence-corrected chi connectivity index (χ4v) is 3.68. The minimum absolute atomic E-state index is 0.188. The molecule has 2 saturated heterocycles. The summed E-state index contributed by atoms with van der Waals surface area (Å²) < 4.78 is 4.85. The van der Waals surface area contributed by atoms with Gasteiger partial charge in [0.25, 0.3) is 0 Å². The third-order valence-corrected chi connectivity index (χ3v) is 4.80. The number of nitrogens with zero attached hydrogens (tertiary/aromatic N) is 2. The fraction of sp³-hybridized carbons (Fsp3) is 0.562. The summed E-state index contributed by atoms with van der Waals surface area (Å²) in [5, 5.41) is 0. The molecule has 1 amide bonds. The largest absolute Gasteiger partial charge is 0.453 e. The minimum atomic E-state index is -0.188. The van der Waals surface area contributed by atoms with E-state index in [0.717, 1.165) is 19.6 Å². The summed E-state index contributed by atoms with van der Waals surface area (Å²) >= 11 is 0. The monoisotopic (exact) mass is 274 g/mol. The average Bonchev–Trinajstić information content (AvgIpc) is 3.06. The maximum atomic E-state index is 11.7. The Morgan fingerprint density at radius 2 is 2.05 bits per heavy atom. The molecule has 0 aliphatic carbocycles. The molecule has 4 nitrogen and oxygen atoms in total. The molecule has 0 spiro atoms. The summed E-state index contributed by atoms with van der Waals surface area (Å²) in [6.45, 7) is 5.03. The Hall–Kier alpha value is -1.55. The Bertz CT molecular complexity index is 477. The lowest BCUT2D eigenvalue weighted by atomic mass is 10.0. The number of carbonyl (C=O) groups is 1. The first-order valence-corrected chi connectivity index (χ1v) is 7.34. The van der Waals surface area contributed by atoms with Crippen molar-refractivity contribution in [3.8, 4) is 0 Å². The Morgan fingerprint density at radius 3 is 2.75 bits per heavy atom.